The van der Waals surface area contributed by atoms with Crippen LogP contribution in [0.5, 0.6) is 11.5 Å². The predicted molar refractivity (Wildman–Crippen MR) is 90.8 cm³/mol. The van der Waals surface area contributed by atoms with Gasteiger partial charge in [0.1, 0.15) is 0 Å². The van der Waals surface area contributed by atoms with Gasteiger partial charge in [0.15, 0.2) is 11.5 Å². The molecule has 1 N–H and O–H groups in total. The largest absolute Gasteiger partial charge is 0.493 e. The molecule has 2 aromatic carbocycles. The molecule has 0 bridgehead atoms. The van der Waals surface area contributed by atoms with Gasteiger partial charge in [0, 0.05) is 10.2 Å². The van der Waals surface area contributed by atoms with Gasteiger partial charge in [-0.2, -0.15) is 0 Å². The molecule has 116 valence electrons. The number of ether oxygens (including phenoxy) is 2. The number of carbonyl (C=O) groups excluding carboxylic acids is 1. The van der Waals surface area contributed by atoms with Crippen molar-refractivity contribution in [2.24, 2.45) is 0 Å². The second-order valence-corrected chi connectivity index (χ2v) is 5.75. The number of methoxy groups -OCH3 is 2. The van der Waals surface area contributed by atoms with E-state index in [1.807, 2.05) is 31.2 Å². The Hall–Kier alpha value is -2.01. The molecule has 0 unspecified atom stereocenters. The maximum atomic E-state index is 12.2. The van der Waals surface area contributed by atoms with E-state index in [0.29, 0.717) is 11.5 Å². The molecule has 0 aliphatic heterocycles. The van der Waals surface area contributed by atoms with Crippen LogP contribution in [0.3, 0.4) is 0 Å². The monoisotopic (exact) mass is 363 g/mol. The van der Waals surface area contributed by atoms with E-state index in [1.165, 1.54) is 0 Å². The van der Waals surface area contributed by atoms with E-state index in [0.717, 1.165) is 21.3 Å². The van der Waals surface area contributed by atoms with Gasteiger partial charge in [0.2, 0.25) is 5.91 Å². The van der Waals surface area contributed by atoms with E-state index in [-0.39, 0.29) is 12.3 Å². The Kier molecular flexibility index (Phi) is 5.44. The number of hydrogen-bond acceptors (Lipinski definition) is 3. The van der Waals surface area contributed by atoms with E-state index in [2.05, 4.69) is 21.2 Å². The molecule has 1 amide bonds. The van der Waals surface area contributed by atoms with Gasteiger partial charge in [-0.1, -0.05) is 28.1 Å². The summed E-state index contributed by atoms with van der Waals surface area (Å²) in [6.45, 7) is 1.99. The molecule has 0 fully saturated rings. The minimum absolute atomic E-state index is 0.0847. The maximum Gasteiger partial charge on any atom is 0.228 e. The smallest absolute Gasteiger partial charge is 0.228 e. The van der Waals surface area contributed by atoms with Crippen molar-refractivity contribution in [1.29, 1.82) is 0 Å². The molecule has 2 aromatic rings. The second kappa shape index (κ2) is 7.31. The summed E-state index contributed by atoms with van der Waals surface area (Å²) < 4.78 is 11.3. The quantitative estimate of drug-likeness (QED) is 0.874. The predicted octanol–water partition coefficient (Wildman–Crippen LogP) is 3.96. The number of carbonyl (C=O) groups is 1. The van der Waals surface area contributed by atoms with Crippen molar-refractivity contribution in [3.63, 3.8) is 0 Å². The number of benzene rings is 2. The Balaban J connectivity index is 2.14. The lowest BCUT2D eigenvalue weighted by atomic mass is 10.1. The fourth-order valence-corrected chi connectivity index (χ4v) is 2.60. The van der Waals surface area contributed by atoms with Gasteiger partial charge in [-0.25, -0.2) is 0 Å². The molecule has 22 heavy (non-hydrogen) atoms. The summed E-state index contributed by atoms with van der Waals surface area (Å²) in [7, 11) is 3.15. The highest BCUT2D eigenvalue weighted by Gasteiger charge is 2.13. The van der Waals surface area contributed by atoms with Gasteiger partial charge in [0.05, 0.1) is 20.6 Å². The Morgan fingerprint density at radius 2 is 1.82 bits per heavy atom. The molecular formula is C17H18BrNO3. The lowest BCUT2D eigenvalue weighted by Crippen LogP contribution is -2.14. The summed E-state index contributed by atoms with van der Waals surface area (Å²) in [5.41, 5.74) is 2.73. The highest BCUT2D eigenvalue weighted by Crippen LogP contribution is 2.33. The normalized spacial score (nSPS) is 10.2. The van der Waals surface area contributed by atoms with E-state index < -0.39 is 0 Å². The summed E-state index contributed by atoms with van der Waals surface area (Å²) in [6.07, 6.45) is 0.245. The number of nitrogens with one attached hydrogen (secondary N) is 1. The molecule has 0 aromatic heterocycles. The summed E-state index contributed by atoms with van der Waals surface area (Å²) in [4.78, 5) is 12.2. The van der Waals surface area contributed by atoms with Gasteiger partial charge in [-0.3, -0.25) is 4.79 Å². The number of halogens is 1. The fourth-order valence-electron chi connectivity index (χ4n) is 2.13. The molecule has 0 saturated carbocycles. The van der Waals surface area contributed by atoms with Crippen LogP contribution in [0.1, 0.15) is 11.1 Å². The SMILES string of the molecule is COc1cc(Br)c(CC(=O)Nc2cccc(C)c2)cc1OC. The molecule has 4 nitrogen and oxygen atoms in total. The lowest BCUT2D eigenvalue weighted by Gasteiger charge is -2.12. The van der Waals surface area contributed by atoms with Crippen molar-refractivity contribution < 1.29 is 14.3 Å². The molecular weight excluding hydrogens is 346 g/mol. The molecule has 0 radical (unpaired) electrons. The number of hydrogen-bond donors (Lipinski definition) is 1. The van der Waals surface area contributed by atoms with Crippen molar-refractivity contribution in [3.05, 3.63) is 52.0 Å². The minimum atomic E-state index is -0.0847. The molecule has 0 saturated heterocycles. The molecule has 2 rings (SSSR count). The average molecular weight is 364 g/mol. The standard InChI is InChI=1S/C17H18BrNO3/c1-11-5-4-6-13(7-11)19-17(20)9-12-8-15(21-2)16(22-3)10-14(12)18/h4-8,10H,9H2,1-3H3,(H,19,20). The number of anilines is 1. The summed E-state index contributed by atoms with van der Waals surface area (Å²) in [5, 5.41) is 2.89. The molecule has 0 spiro atoms. The highest BCUT2D eigenvalue weighted by atomic mass is 79.9. The first-order valence-corrected chi connectivity index (χ1v) is 7.59. The van der Waals surface area contributed by atoms with E-state index >= 15 is 0 Å². The lowest BCUT2D eigenvalue weighted by molar-refractivity contribution is -0.115. The number of rotatable bonds is 5. The van der Waals surface area contributed by atoms with Gasteiger partial charge < -0.3 is 14.8 Å². The maximum absolute atomic E-state index is 12.2. The Morgan fingerprint density at radius 3 is 2.45 bits per heavy atom. The van der Waals surface area contributed by atoms with Crippen LogP contribution in [0.15, 0.2) is 40.9 Å². The first-order valence-electron chi connectivity index (χ1n) is 6.80. The van der Waals surface area contributed by atoms with Crippen molar-refractivity contribution in [2.75, 3.05) is 19.5 Å². The van der Waals surface area contributed by atoms with E-state index in [9.17, 15) is 4.79 Å². The molecule has 0 atom stereocenters. The first-order chi connectivity index (χ1) is 10.5. The molecule has 0 aliphatic rings. The van der Waals surface area contributed by atoms with Crippen molar-refractivity contribution in [3.8, 4) is 11.5 Å². The van der Waals surface area contributed by atoms with Gasteiger partial charge in [0.25, 0.3) is 0 Å². The Bertz CT molecular complexity index is 686. The summed E-state index contributed by atoms with van der Waals surface area (Å²) in [6, 6.07) is 11.3. The number of aryl methyl sites for hydroxylation is 1. The second-order valence-electron chi connectivity index (χ2n) is 4.89. The minimum Gasteiger partial charge on any atom is -0.493 e. The zero-order valence-electron chi connectivity index (χ0n) is 12.8. The fraction of sp³-hybridized carbons (Fsp3) is 0.235. The molecule has 0 heterocycles. The van der Waals surface area contributed by atoms with Crippen LogP contribution in [0, 0.1) is 6.92 Å². The molecule has 0 aliphatic carbocycles. The number of amides is 1. The topological polar surface area (TPSA) is 47.6 Å². The van der Waals surface area contributed by atoms with E-state index in [4.69, 9.17) is 9.47 Å². The van der Waals surface area contributed by atoms with Gasteiger partial charge in [-0.05, 0) is 42.3 Å². The summed E-state index contributed by atoms with van der Waals surface area (Å²) >= 11 is 3.46. The third-order valence-electron chi connectivity index (χ3n) is 3.21. The van der Waals surface area contributed by atoms with Gasteiger partial charge in [-0.15, -0.1) is 0 Å². The van der Waals surface area contributed by atoms with Crippen LogP contribution >= 0.6 is 15.9 Å². The Morgan fingerprint density at radius 1 is 1.14 bits per heavy atom. The molecule has 5 heteroatoms. The third-order valence-corrected chi connectivity index (χ3v) is 3.94. The van der Waals surface area contributed by atoms with Crippen LogP contribution in [-0.4, -0.2) is 20.1 Å². The van der Waals surface area contributed by atoms with Crippen molar-refractivity contribution >= 4 is 27.5 Å². The first kappa shape index (κ1) is 16.4. The van der Waals surface area contributed by atoms with Crippen LogP contribution in [0.25, 0.3) is 0 Å². The zero-order valence-corrected chi connectivity index (χ0v) is 14.4. The Labute approximate surface area is 138 Å². The average Bonchev–Trinajstić information content (AvgIpc) is 2.48. The van der Waals surface area contributed by atoms with Gasteiger partial charge >= 0.3 is 0 Å². The zero-order chi connectivity index (χ0) is 16.1. The van der Waals surface area contributed by atoms with Crippen molar-refractivity contribution in [2.45, 2.75) is 13.3 Å². The van der Waals surface area contributed by atoms with E-state index in [1.54, 1.807) is 26.4 Å². The van der Waals surface area contributed by atoms with Crippen LogP contribution in [0.2, 0.25) is 0 Å². The third kappa shape index (κ3) is 4.01. The van der Waals surface area contributed by atoms with Crippen LogP contribution in [-0.2, 0) is 11.2 Å². The van der Waals surface area contributed by atoms with Crippen LogP contribution < -0.4 is 14.8 Å². The summed E-state index contributed by atoms with van der Waals surface area (Å²) in [5.74, 6) is 1.14. The van der Waals surface area contributed by atoms with Crippen molar-refractivity contribution in [1.82, 2.24) is 0 Å². The van der Waals surface area contributed by atoms with Crippen LogP contribution in [0.4, 0.5) is 5.69 Å². The highest BCUT2D eigenvalue weighted by molar-refractivity contribution is 9.10.